The van der Waals surface area contributed by atoms with E-state index in [-0.39, 0.29) is 0 Å². The predicted octanol–water partition coefficient (Wildman–Crippen LogP) is 2.41. The van der Waals surface area contributed by atoms with Crippen LogP contribution < -0.4 is 16.1 Å². The topological polar surface area (TPSA) is 137 Å². The van der Waals surface area contributed by atoms with E-state index in [1.165, 1.54) is 12.4 Å². The van der Waals surface area contributed by atoms with Gasteiger partial charge >= 0.3 is 6.09 Å². The van der Waals surface area contributed by atoms with Gasteiger partial charge in [0.15, 0.2) is 0 Å². The molecule has 9 nitrogen and oxygen atoms in total. The second kappa shape index (κ2) is 11.4. The molecule has 3 amide bonds. The van der Waals surface area contributed by atoms with E-state index >= 15 is 0 Å². The van der Waals surface area contributed by atoms with E-state index in [1.54, 1.807) is 24.3 Å². The van der Waals surface area contributed by atoms with Gasteiger partial charge in [0.2, 0.25) is 0 Å². The fraction of sp³-hybridized carbons (Fsp3) is 0.375. The number of aliphatic hydroxyl groups is 1. The van der Waals surface area contributed by atoms with Gasteiger partial charge < -0.3 is 20.5 Å². The summed E-state index contributed by atoms with van der Waals surface area (Å²) in [5, 5.41) is 23.5. The number of alkyl carbamates (subject to hydrolysis) is 1. The number of carbonyl (C=O) groups is 3. The van der Waals surface area contributed by atoms with Gasteiger partial charge in [0, 0.05) is 12.1 Å². The Morgan fingerprint density at radius 1 is 0.970 bits per heavy atom. The molecule has 0 bridgehead atoms. The summed E-state index contributed by atoms with van der Waals surface area (Å²) in [7, 11) is 0. The molecule has 178 valence electrons. The van der Waals surface area contributed by atoms with Gasteiger partial charge in [-0.25, -0.2) is 10.3 Å². The van der Waals surface area contributed by atoms with Crippen molar-refractivity contribution in [2.45, 2.75) is 51.9 Å². The Bertz CT molecular complexity index is 950. The van der Waals surface area contributed by atoms with Crippen molar-refractivity contribution in [2.24, 2.45) is 0 Å². The Hall–Kier alpha value is -3.43. The predicted molar refractivity (Wildman–Crippen MR) is 123 cm³/mol. The molecule has 0 unspecified atom stereocenters. The fourth-order valence-electron chi connectivity index (χ4n) is 3.00. The van der Waals surface area contributed by atoms with Crippen molar-refractivity contribution in [3.63, 3.8) is 0 Å². The van der Waals surface area contributed by atoms with Crippen molar-refractivity contribution in [3.05, 3.63) is 59.7 Å². The molecule has 0 aliphatic heterocycles. The van der Waals surface area contributed by atoms with Crippen LogP contribution >= 0.6 is 0 Å². The van der Waals surface area contributed by atoms with E-state index in [0.29, 0.717) is 18.5 Å². The quantitative estimate of drug-likeness (QED) is 0.305. The summed E-state index contributed by atoms with van der Waals surface area (Å²) in [5.74, 6) is -1.46. The van der Waals surface area contributed by atoms with Gasteiger partial charge in [-0.15, -0.1) is 0 Å². The van der Waals surface area contributed by atoms with Crippen LogP contribution in [0, 0.1) is 0 Å². The number of benzene rings is 2. The standard InChI is InChI=1S/C24H31N3O6/c1-15(28)20(22(30)27-32)26-21(29)19-11-9-18(10-12-19)17-7-5-16(6-8-17)13-14-25-23(31)33-24(2,3)4/h5-12,15,20,28,32H,13-14H2,1-4H3,(H,25,31)(H,26,29)(H,27,30)/t15-,20+/m1/s1. The van der Waals surface area contributed by atoms with Crippen LogP contribution in [-0.4, -0.2) is 52.5 Å². The zero-order valence-electron chi connectivity index (χ0n) is 19.2. The second-order valence-corrected chi connectivity index (χ2v) is 8.62. The molecule has 0 saturated heterocycles. The Balaban J connectivity index is 1.94. The summed E-state index contributed by atoms with van der Waals surface area (Å²) in [6.45, 7) is 7.23. The lowest BCUT2D eigenvalue weighted by molar-refractivity contribution is -0.133. The third-order valence-corrected chi connectivity index (χ3v) is 4.68. The minimum atomic E-state index is -1.28. The van der Waals surface area contributed by atoms with Crippen LogP contribution in [0.15, 0.2) is 48.5 Å². The summed E-state index contributed by atoms with van der Waals surface area (Å²) in [4.78, 5) is 35.7. The molecule has 33 heavy (non-hydrogen) atoms. The van der Waals surface area contributed by atoms with Gasteiger partial charge in [-0.2, -0.15) is 0 Å². The smallest absolute Gasteiger partial charge is 0.407 e. The first-order valence-corrected chi connectivity index (χ1v) is 10.6. The monoisotopic (exact) mass is 457 g/mol. The Morgan fingerprint density at radius 2 is 1.52 bits per heavy atom. The Kier molecular flexibility index (Phi) is 8.95. The average Bonchev–Trinajstić information content (AvgIpc) is 2.76. The molecule has 0 spiro atoms. The van der Waals surface area contributed by atoms with Crippen molar-refractivity contribution in [1.29, 1.82) is 0 Å². The average molecular weight is 458 g/mol. The SMILES string of the molecule is C[C@@H](O)[C@H](NC(=O)c1ccc(-c2ccc(CCNC(=O)OC(C)(C)C)cc2)cc1)C(=O)NO. The summed E-state index contributed by atoms with van der Waals surface area (Å²) < 4.78 is 5.21. The van der Waals surface area contributed by atoms with Gasteiger partial charge in [-0.05, 0) is 62.9 Å². The second-order valence-electron chi connectivity index (χ2n) is 8.62. The van der Waals surface area contributed by atoms with E-state index in [9.17, 15) is 19.5 Å². The minimum absolute atomic E-state index is 0.306. The number of nitrogens with one attached hydrogen (secondary N) is 3. The molecule has 2 aromatic carbocycles. The Labute approximate surface area is 193 Å². The van der Waals surface area contributed by atoms with Crippen LogP contribution in [0.4, 0.5) is 4.79 Å². The van der Waals surface area contributed by atoms with E-state index in [1.807, 2.05) is 45.0 Å². The fourth-order valence-corrected chi connectivity index (χ4v) is 3.00. The zero-order valence-corrected chi connectivity index (χ0v) is 19.2. The molecule has 0 saturated carbocycles. The maximum Gasteiger partial charge on any atom is 0.407 e. The molecule has 2 aromatic rings. The zero-order chi connectivity index (χ0) is 24.6. The van der Waals surface area contributed by atoms with Crippen LogP contribution in [0.5, 0.6) is 0 Å². The van der Waals surface area contributed by atoms with E-state index in [2.05, 4.69) is 10.6 Å². The number of ether oxygens (including phenoxy) is 1. The van der Waals surface area contributed by atoms with Crippen LogP contribution in [0.2, 0.25) is 0 Å². The molecule has 2 rings (SSSR count). The highest BCUT2D eigenvalue weighted by Gasteiger charge is 2.25. The highest BCUT2D eigenvalue weighted by Crippen LogP contribution is 2.21. The summed E-state index contributed by atoms with van der Waals surface area (Å²) in [6, 6.07) is 13.3. The first-order valence-electron chi connectivity index (χ1n) is 10.6. The van der Waals surface area contributed by atoms with Gasteiger partial charge in [-0.3, -0.25) is 14.8 Å². The molecular weight excluding hydrogens is 426 g/mol. The first-order chi connectivity index (χ1) is 15.5. The third-order valence-electron chi connectivity index (χ3n) is 4.68. The molecule has 0 heterocycles. The maximum atomic E-state index is 12.4. The van der Waals surface area contributed by atoms with Crippen molar-refractivity contribution in [1.82, 2.24) is 16.1 Å². The van der Waals surface area contributed by atoms with Gasteiger partial charge in [0.25, 0.3) is 11.8 Å². The van der Waals surface area contributed by atoms with Crippen molar-refractivity contribution in [2.75, 3.05) is 6.54 Å². The highest BCUT2D eigenvalue weighted by molar-refractivity contribution is 5.97. The van der Waals surface area contributed by atoms with E-state index in [0.717, 1.165) is 16.7 Å². The van der Waals surface area contributed by atoms with E-state index < -0.39 is 35.7 Å². The third kappa shape index (κ3) is 8.21. The number of rotatable bonds is 8. The molecule has 9 heteroatoms. The van der Waals surface area contributed by atoms with Crippen LogP contribution in [0.25, 0.3) is 11.1 Å². The minimum Gasteiger partial charge on any atom is -0.444 e. The van der Waals surface area contributed by atoms with Gasteiger partial charge in [0.05, 0.1) is 6.10 Å². The number of amides is 3. The van der Waals surface area contributed by atoms with Crippen molar-refractivity contribution >= 4 is 17.9 Å². The molecule has 0 radical (unpaired) electrons. The molecule has 2 atom stereocenters. The molecule has 0 aliphatic carbocycles. The first kappa shape index (κ1) is 25.8. The number of aliphatic hydroxyl groups excluding tert-OH is 1. The van der Waals surface area contributed by atoms with Crippen molar-refractivity contribution in [3.8, 4) is 11.1 Å². The normalized spacial score (nSPS) is 12.9. The number of hydrogen-bond donors (Lipinski definition) is 5. The van der Waals surface area contributed by atoms with E-state index in [4.69, 9.17) is 9.94 Å². The lowest BCUT2D eigenvalue weighted by Gasteiger charge is -2.19. The summed E-state index contributed by atoms with van der Waals surface area (Å²) in [5.41, 5.74) is 4.10. The molecule has 5 N–H and O–H groups in total. The largest absolute Gasteiger partial charge is 0.444 e. The lowest BCUT2D eigenvalue weighted by Crippen LogP contribution is -2.51. The summed E-state index contributed by atoms with van der Waals surface area (Å²) >= 11 is 0. The van der Waals surface area contributed by atoms with Crippen LogP contribution in [0.3, 0.4) is 0 Å². The number of hydroxylamine groups is 1. The van der Waals surface area contributed by atoms with Crippen LogP contribution in [-0.2, 0) is 16.0 Å². The molecule has 0 aromatic heterocycles. The summed E-state index contributed by atoms with van der Waals surface area (Å²) in [6.07, 6.45) is -0.969. The highest BCUT2D eigenvalue weighted by atomic mass is 16.6. The molecule has 0 aliphatic rings. The maximum absolute atomic E-state index is 12.4. The molecule has 0 fully saturated rings. The lowest BCUT2D eigenvalue weighted by atomic mass is 10.0. The number of carbonyl (C=O) groups excluding carboxylic acids is 3. The Morgan fingerprint density at radius 3 is 2.00 bits per heavy atom. The molecular formula is C24H31N3O6. The van der Waals surface area contributed by atoms with Crippen LogP contribution in [0.1, 0.15) is 43.6 Å². The van der Waals surface area contributed by atoms with Gasteiger partial charge in [-0.1, -0.05) is 36.4 Å². The van der Waals surface area contributed by atoms with Gasteiger partial charge in [0.1, 0.15) is 11.6 Å². The van der Waals surface area contributed by atoms with Crippen molar-refractivity contribution < 1.29 is 29.4 Å². The number of hydrogen-bond acceptors (Lipinski definition) is 6.